The first-order valence-electron chi connectivity index (χ1n) is 7.19. The molecule has 0 amide bonds. The van der Waals surface area contributed by atoms with Crippen LogP contribution in [-0.4, -0.2) is 14.5 Å². The number of benzene rings is 2. The van der Waals surface area contributed by atoms with Crippen molar-refractivity contribution in [2.24, 2.45) is 0 Å². The molecule has 0 aliphatic heterocycles. The van der Waals surface area contributed by atoms with Crippen molar-refractivity contribution in [1.82, 2.24) is 9.55 Å². The molecule has 3 rings (SSSR count). The first kappa shape index (κ1) is 16.3. The topological polar surface area (TPSA) is 61.0 Å². The number of rotatable bonds is 5. The van der Waals surface area contributed by atoms with Crippen LogP contribution in [0.1, 0.15) is 17.0 Å². The number of nitrogens with zero attached hydrogens (tertiary/aromatic N) is 3. The van der Waals surface area contributed by atoms with E-state index in [2.05, 4.69) is 20.9 Å². The Bertz CT molecular complexity index is 875. The largest absolute Gasteiger partial charge is 0.330 e. The minimum atomic E-state index is -0.416. The van der Waals surface area contributed by atoms with E-state index < -0.39 is 4.92 Å². The standard InChI is InChI=1S/C17H13BrFN3O2/c18-14-6-13(7-15(19)10-14)11-21-5-4-20-17(21)9-12-2-1-3-16(8-12)22(23)24/h1-8,10H,9,11H2. The molecule has 122 valence electrons. The molecule has 0 bridgehead atoms. The van der Waals surface area contributed by atoms with Gasteiger partial charge in [0.1, 0.15) is 11.6 Å². The highest BCUT2D eigenvalue weighted by atomic mass is 79.9. The molecule has 1 aromatic heterocycles. The first-order chi connectivity index (χ1) is 11.5. The summed E-state index contributed by atoms with van der Waals surface area (Å²) in [5.74, 6) is 0.454. The molecule has 0 saturated carbocycles. The molecule has 0 N–H and O–H groups in total. The van der Waals surface area contributed by atoms with Crippen molar-refractivity contribution >= 4 is 21.6 Å². The molecule has 2 aromatic carbocycles. The van der Waals surface area contributed by atoms with Crippen LogP contribution in [-0.2, 0) is 13.0 Å². The molecular formula is C17H13BrFN3O2. The van der Waals surface area contributed by atoms with E-state index in [-0.39, 0.29) is 11.5 Å². The van der Waals surface area contributed by atoms with Crippen LogP contribution >= 0.6 is 15.9 Å². The van der Waals surface area contributed by atoms with E-state index in [0.29, 0.717) is 17.4 Å². The van der Waals surface area contributed by atoms with Crippen LogP contribution in [0.4, 0.5) is 10.1 Å². The number of hydrogen-bond acceptors (Lipinski definition) is 3. The van der Waals surface area contributed by atoms with E-state index in [9.17, 15) is 14.5 Å². The maximum atomic E-state index is 13.5. The van der Waals surface area contributed by atoms with Crippen molar-refractivity contribution in [3.63, 3.8) is 0 Å². The number of non-ortho nitro benzene ring substituents is 1. The second kappa shape index (κ2) is 6.92. The fourth-order valence-electron chi connectivity index (χ4n) is 2.51. The van der Waals surface area contributed by atoms with Crippen molar-refractivity contribution in [3.8, 4) is 0 Å². The van der Waals surface area contributed by atoms with E-state index in [1.165, 1.54) is 24.3 Å². The molecule has 0 spiro atoms. The van der Waals surface area contributed by atoms with E-state index >= 15 is 0 Å². The molecule has 24 heavy (non-hydrogen) atoms. The van der Waals surface area contributed by atoms with Gasteiger partial charge in [-0.1, -0.05) is 28.1 Å². The Balaban J connectivity index is 1.83. The molecular weight excluding hydrogens is 377 g/mol. The number of hydrogen-bond donors (Lipinski definition) is 0. The summed E-state index contributed by atoms with van der Waals surface area (Å²) >= 11 is 3.28. The van der Waals surface area contributed by atoms with Gasteiger partial charge >= 0.3 is 0 Å². The summed E-state index contributed by atoms with van der Waals surface area (Å²) in [6, 6.07) is 11.2. The highest BCUT2D eigenvalue weighted by molar-refractivity contribution is 9.10. The lowest BCUT2D eigenvalue weighted by molar-refractivity contribution is -0.384. The Kier molecular flexibility index (Phi) is 4.71. The number of halogens is 2. The van der Waals surface area contributed by atoms with Gasteiger partial charge in [-0.15, -0.1) is 0 Å². The van der Waals surface area contributed by atoms with Gasteiger partial charge in [0, 0.05) is 42.0 Å². The van der Waals surface area contributed by atoms with Gasteiger partial charge in [-0.25, -0.2) is 9.37 Å². The Hall–Kier alpha value is -2.54. The number of imidazole rings is 1. The average Bonchev–Trinajstić information content (AvgIpc) is 2.93. The van der Waals surface area contributed by atoms with Crippen LogP contribution in [0.25, 0.3) is 0 Å². The highest BCUT2D eigenvalue weighted by Crippen LogP contribution is 2.18. The third kappa shape index (κ3) is 3.86. The third-order valence-electron chi connectivity index (χ3n) is 3.56. The SMILES string of the molecule is O=[N+]([O-])c1cccc(Cc2nccn2Cc2cc(F)cc(Br)c2)c1. The minimum Gasteiger partial charge on any atom is -0.330 e. The third-order valence-corrected chi connectivity index (χ3v) is 4.02. The van der Waals surface area contributed by atoms with Crippen molar-refractivity contribution < 1.29 is 9.31 Å². The first-order valence-corrected chi connectivity index (χ1v) is 7.99. The van der Waals surface area contributed by atoms with Gasteiger partial charge in [-0.05, 0) is 29.3 Å². The van der Waals surface area contributed by atoms with Gasteiger partial charge in [0.05, 0.1) is 4.92 Å². The van der Waals surface area contributed by atoms with Gasteiger partial charge in [0.25, 0.3) is 5.69 Å². The summed E-state index contributed by atoms with van der Waals surface area (Å²) in [5, 5.41) is 10.9. The Morgan fingerprint density at radius 1 is 1.21 bits per heavy atom. The maximum absolute atomic E-state index is 13.5. The zero-order valence-corrected chi connectivity index (χ0v) is 14.1. The van der Waals surface area contributed by atoms with Crippen molar-refractivity contribution in [1.29, 1.82) is 0 Å². The van der Waals surface area contributed by atoms with Crippen molar-refractivity contribution in [3.05, 3.63) is 92.2 Å². The molecule has 0 atom stereocenters. The summed E-state index contributed by atoms with van der Waals surface area (Å²) in [6.07, 6.45) is 3.94. The molecule has 5 nitrogen and oxygen atoms in total. The summed E-state index contributed by atoms with van der Waals surface area (Å²) in [4.78, 5) is 14.8. The van der Waals surface area contributed by atoms with Crippen LogP contribution < -0.4 is 0 Å². The monoisotopic (exact) mass is 389 g/mol. The fourth-order valence-corrected chi connectivity index (χ4v) is 3.03. The molecule has 1 heterocycles. The van der Waals surface area contributed by atoms with Crippen LogP contribution in [0.3, 0.4) is 0 Å². The zero-order chi connectivity index (χ0) is 17.1. The van der Waals surface area contributed by atoms with E-state index in [1.54, 1.807) is 12.3 Å². The predicted molar refractivity (Wildman–Crippen MR) is 91.3 cm³/mol. The second-order valence-corrected chi connectivity index (χ2v) is 6.27. The van der Waals surface area contributed by atoms with E-state index in [4.69, 9.17) is 0 Å². The van der Waals surface area contributed by atoms with Crippen LogP contribution in [0.5, 0.6) is 0 Å². The molecule has 0 aliphatic carbocycles. The fraction of sp³-hybridized carbons (Fsp3) is 0.118. The maximum Gasteiger partial charge on any atom is 0.269 e. The van der Waals surface area contributed by atoms with Gasteiger partial charge in [0.2, 0.25) is 0 Å². The van der Waals surface area contributed by atoms with Crippen LogP contribution in [0.2, 0.25) is 0 Å². The molecule has 0 radical (unpaired) electrons. The molecule has 0 unspecified atom stereocenters. The van der Waals surface area contributed by atoms with E-state index in [0.717, 1.165) is 17.0 Å². The summed E-state index contributed by atoms with van der Waals surface area (Å²) in [5.41, 5.74) is 1.66. The lowest BCUT2D eigenvalue weighted by atomic mass is 10.1. The van der Waals surface area contributed by atoms with Gasteiger partial charge < -0.3 is 4.57 Å². The highest BCUT2D eigenvalue weighted by Gasteiger charge is 2.10. The second-order valence-electron chi connectivity index (χ2n) is 5.35. The summed E-state index contributed by atoms with van der Waals surface area (Å²) in [7, 11) is 0. The van der Waals surface area contributed by atoms with E-state index in [1.807, 2.05) is 22.9 Å². The number of aromatic nitrogens is 2. The quantitative estimate of drug-likeness (QED) is 0.481. The Morgan fingerprint density at radius 2 is 2.04 bits per heavy atom. The molecule has 7 heteroatoms. The van der Waals surface area contributed by atoms with Gasteiger partial charge in [-0.3, -0.25) is 10.1 Å². The molecule has 3 aromatic rings. The van der Waals surface area contributed by atoms with Crippen molar-refractivity contribution in [2.75, 3.05) is 0 Å². The number of nitro groups is 1. The summed E-state index contributed by atoms with van der Waals surface area (Å²) < 4.78 is 16.1. The number of nitro benzene ring substituents is 1. The predicted octanol–water partition coefficient (Wildman–Crippen LogP) is 4.33. The summed E-state index contributed by atoms with van der Waals surface area (Å²) in [6.45, 7) is 0.473. The Labute approximate surface area is 146 Å². The lowest BCUT2D eigenvalue weighted by Crippen LogP contribution is -2.05. The van der Waals surface area contributed by atoms with Crippen LogP contribution in [0, 0.1) is 15.9 Å². The lowest BCUT2D eigenvalue weighted by Gasteiger charge is -2.09. The van der Waals surface area contributed by atoms with Gasteiger partial charge in [-0.2, -0.15) is 0 Å². The van der Waals surface area contributed by atoms with Crippen LogP contribution in [0.15, 0.2) is 59.3 Å². The molecule has 0 fully saturated rings. The normalized spacial score (nSPS) is 10.8. The average molecular weight is 390 g/mol. The Morgan fingerprint density at radius 3 is 2.79 bits per heavy atom. The minimum absolute atomic E-state index is 0.0552. The van der Waals surface area contributed by atoms with Gasteiger partial charge in [0.15, 0.2) is 0 Å². The molecule has 0 aliphatic rings. The zero-order valence-electron chi connectivity index (χ0n) is 12.5. The smallest absolute Gasteiger partial charge is 0.269 e. The molecule has 0 saturated heterocycles. The van der Waals surface area contributed by atoms with Crippen molar-refractivity contribution in [2.45, 2.75) is 13.0 Å².